The molecule has 1 atom stereocenters. The third kappa shape index (κ3) is 3.22. The third-order valence-electron chi connectivity index (χ3n) is 3.96. The van der Waals surface area contributed by atoms with E-state index in [0.29, 0.717) is 6.54 Å². The Balaban J connectivity index is 2.01. The minimum absolute atomic E-state index is 0.637. The largest absolute Gasteiger partial charge is 0.372 e. The van der Waals surface area contributed by atoms with E-state index in [9.17, 15) is 0 Å². The Labute approximate surface area is 105 Å². The van der Waals surface area contributed by atoms with Gasteiger partial charge in [0.2, 0.25) is 0 Å². The molecular weight excluding hydrogens is 208 g/mol. The average Bonchev–Trinajstić information content (AvgIpc) is 2.64. The quantitative estimate of drug-likeness (QED) is 0.867. The van der Waals surface area contributed by atoms with E-state index in [0.717, 1.165) is 5.92 Å². The van der Waals surface area contributed by atoms with Gasteiger partial charge in [-0.3, -0.25) is 0 Å². The minimum Gasteiger partial charge on any atom is -0.372 e. The summed E-state index contributed by atoms with van der Waals surface area (Å²) in [5.74, 6) is 0.934. The van der Waals surface area contributed by atoms with Crippen molar-refractivity contribution < 1.29 is 0 Å². The summed E-state index contributed by atoms with van der Waals surface area (Å²) in [6.07, 6.45) is 5.40. The maximum atomic E-state index is 5.63. The van der Waals surface area contributed by atoms with Crippen LogP contribution < -0.4 is 10.6 Å². The van der Waals surface area contributed by atoms with Gasteiger partial charge in [0.05, 0.1) is 0 Å². The lowest BCUT2D eigenvalue weighted by molar-refractivity contribution is 0.459. The van der Waals surface area contributed by atoms with Crippen LogP contribution >= 0.6 is 0 Å². The van der Waals surface area contributed by atoms with Crippen LogP contribution in [-0.2, 0) is 6.54 Å². The highest BCUT2D eigenvalue weighted by Crippen LogP contribution is 2.24. The van der Waals surface area contributed by atoms with Crippen molar-refractivity contribution in [3.05, 3.63) is 29.8 Å². The summed E-state index contributed by atoms with van der Waals surface area (Å²) in [5, 5.41) is 0. The molecule has 0 spiro atoms. The predicted molar refractivity (Wildman–Crippen MR) is 74.2 cm³/mol. The van der Waals surface area contributed by atoms with Crippen molar-refractivity contribution in [2.24, 2.45) is 11.7 Å². The molecule has 0 saturated carbocycles. The molecule has 1 unspecified atom stereocenters. The molecule has 1 aromatic rings. The zero-order valence-corrected chi connectivity index (χ0v) is 10.9. The van der Waals surface area contributed by atoms with E-state index in [4.69, 9.17) is 5.73 Å². The number of hydrogen-bond acceptors (Lipinski definition) is 2. The highest BCUT2D eigenvalue weighted by molar-refractivity contribution is 5.47. The van der Waals surface area contributed by atoms with Crippen molar-refractivity contribution in [2.45, 2.75) is 39.2 Å². The fourth-order valence-electron chi connectivity index (χ4n) is 2.67. The number of hydrogen-bond donors (Lipinski definition) is 1. The van der Waals surface area contributed by atoms with Crippen LogP contribution in [0.4, 0.5) is 5.69 Å². The molecule has 17 heavy (non-hydrogen) atoms. The molecule has 1 fully saturated rings. The van der Waals surface area contributed by atoms with Gasteiger partial charge in [0.15, 0.2) is 0 Å². The predicted octanol–water partition coefficient (Wildman–Crippen LogP) is 3.16. The van der Waals surface area contributed by atoms with Gasteiger partial charge >= 0.3 is 0 Å². The second kappa shape index (κ2) is 6.06. The van der Waals surface area contributed by atoms with E-state index in [1.54, 1.807) is 0 Å². The van der Waals surface area contributed by atoms with Gasteiger partial charge in [0, 0.05) is 25.3 Å². The summed E-state index contributed by atoms with van der Waals surface area (Å²) in [4.78, 5) is 2.52. The van der Waals surface area contributed by atoms with E-state index in [1.807, 2.05) is 0 Å². The fraction of sp³-hybridized carbons (Fsp3) is 0.600. The Kier molecular flexibility index (Phi) is 4.43. The smallest absolute Gasteiger partial charge is 0.0366 e. The molecule has 1 aliphatic rings. The molecule has 1 saturated heterocycles. The molecule has 0 radical (unpaired) electrons. The van der Waals surface area contributed by atoms with E-state index < -0.39 is 0 Å². The first kappa shape index (κ1) is 12.4. The lowest BCUT2D eigenvalue weighted by Crippen LogP contribution is -2.24. The highest BCUT2D eigenvalue weighted by atomic mass is 15.1. The fourth-order valence-corrected chi connectivity index (χ4v) is 2.67. The Bertz CT molecular complexity index is 331. The van der Waals surface area contributed by atoms with Crippen LogP contribution in [0, 0.1) is 5.92 Å². The number of rotatable bonds is 3. The summed E-state index contributed by atoms with van der Waals surface area (Å²) < 4.78 is 0. The Morgan fingerprint density at radius 1 is 1.18 bits per heavy atom. The molecule has 0 bridgehead atoms. The third-order valence-corrected chi connectivity index (χ3v) is 3.96. The van der Waals surface area contributed by atoms with Gasteiger partial charge in [-0.05, 0) is 42.9 Å². The average molecular weight is 232 g/mol. The summed E-state index contributed by atoms with van der Waals surface area (Å²) in [7, 11) is 0. The van der Waals surface area contributed by atoms with Gasteiger partial charge in [-0.25, -0.2) is 0 Å². The monoisotopic (exact) mass is 232 g/mol. The van der Waals surface area contributed by atoms with Crippen LogP contribution in [0.3, 0.4) is 0 Å². The van der Waals surface area contributed by atoms with E-state index in [-0.39, 0.29) is 0 Å². The molecule has 0 amide bonds. The van der Waals surface area contributed by atoms with Gasteiger partial charge in [-0.1, -0.05) is 25.5 Å². The summed E-state index contributed by atoms with van der Waals surface area (Å²) >= 11 is 0. The van der Waals surface area contributed by atoms with Crippen LogP contribution in [0.1, 0.15) is 38.2 Å². The normalized spacial score (nSPS) is 21.3. The molecule has 1 aliphatic heterocycles. The number of nitrogens with zero attached hydrogens (tertiary/aromatic N) is 1. The van der Waals surface area contributed by atoms with Crippen LogP contribution in [0.2, 0.25) is 0 Å². The molecule has 0 aromatic heterocycles. The van der Waals surface area contributed by atoms with Crippen molar-refractivity contribution in [3.63, 3.8) is 0 Å². The van der Waals surface area contributed by atoms with Gasteiger partial charge in [0.1, 0.15) is 0 Å². The first-order valence-electron chi connectivity index (χ1n) is 6.87. The van der Waals surface area contributed by atoms with E-state index in [1.165, 1.54) is 50.0 Å². The highest BCUT2D eigenvalue weighted by Gasteiger charge is 2.15. The number of anilines is 1. The second-order valence-electron chi connectivity index (χ2n) is 5.06. The van der Waals surface area contributed by atoms with Crippen molar-refractivity contribution in [1.29, 1.82) is 0 Å². The Morgan fingerprint density at radius 3 is 2.59 bits per heavy atom. The van der Waals surface area contributed by atoms with Crippen molar-refractivity contribution >= 4 is 5.69 Å². The SMILES string of the molecule is CCC1CCCN(c2ccc(CN)cc2)CC1. The molecule has 0 aliphatic carbocycles. The van der Waals surface area contributed by atoms with Gasteiger partial charge < -0.3 is 10.6 Å². The Morgan fingerprint density at radius 2 is 1.94 bits per heavy atom. The Hall–Kier alpha value is -1.02. The van der Waals surface area contributed by atoms with Crippen molar-refractivity contribution in [3.8, 4) is 0 Å². The first-order valence-corrected chi connectivity index (χ1v) is 6.87. The zero-order valence-electron chi connectivity index (χ0n) is 10.9. The molecule has 94 valence electrons. The van der Waals surface area contributed by atoms with E-state index in [2.05, 4.69) is 36.1 Å². The van der Waals surface area contributed by atoms with E-state index >= 15 is 0 Å². The lowest BCUT2D eigenvalue weighted by Gasteiger charge is -2.23. The number of nitrogens with two attached hydrogens (primary N) is 1. The van der Waals surface area contributed by atoms with Gasteiger partial charge in [0.25, 0.3) is 0 Å². The van der Waals surface area contributed by atoms with Crippen LogP contribution in [0.25, 0.3) is 0 Å². The van der Waals surface area contributed by atoms with Crippen LogP contribution in [0.15, 0.2) is 24.3 Å². The van der Waals surface area contributed by atoms with Crippen LogP contribution in [0.5, 0.6) is 0 Å². The van der Waals surface area contributed by atoms with Gasteiger partial charge in [-0.2, -0.15) is 0 Å². The maximum Gasteiger partial charge on any atom is 0.0366 e. The molecule has 1 heterocycles. The van der Waals surface area contributed by atoms with Gasteiger partial charge in [-0.15, -0.1) is 0 Å². The van der Waals surface area contributed by atoms with Crippen molar-refractivity contribution in [2.75, 3.05) is 18.0 Å². The topological polar surface area (TPSA) is 29.3 Å². The standard InChI is InChI=1S/C15H24N2/c1-2-13-4-3-10-17(11-9-13)15-7-5-14(12-16)6-8-15/h5-8,13H,2-4,9-12,16H2,1H3. The second-order valence-corrected chi connectivity index (χ2v) is 5.06. The first-order chi connectivity index (χ1) is 8.33. The molecule has 2 nitrogen and oxygen atoms in total. The molecule has 1 aromatic carbocycles. The zero-order chi connectivity index (χ0) is 12.1. The molecule has 2 N–H and O–H groups in total. The van der Waals surface area contributed by atoms with Crippen molar-refractivity contribution in [1.82, 2.24) is 0 Å². The summed E-state index contributed by atoms with van der Waals surface area (Å²) in [6.45, 7) is 5.37. The number of benzene rings is 1. The van der Waals surface area contributed by atoms with Crippen LogP contribution in [-0.4, -0.2) is 13.1 Å². The summed E-state index contributed by atoms with van der Waals surface area (Å²) in [5.41, 5.74) is 8.20. The lowest BCUT2D eigenvalue weighted by atomic mass is 9.98. The molecule has 2 heteroatoms. The minimum atomic E-state index is 0.637. The molecular formula is C15H24N2. The molecule has 2 rings (SSSR count). The summed E-state index contributed by atoms with van der Waals surface area (Å²) in [6, 6.07) is 8.73. The maximum absolute atomic E-state index is 5.63.